The Morgan fingerprint density at radius 3 is 2.26 bits per heavy atom. The van der Waals surface area contributed by atoms with E-state index in [1.807, 2.05) is 31.2 Å². The number of hydrogen-bond acceptors (Lipinski definition) is 5. The molecule has 1 aromatic rings. The number of nitrogens with zero attached hydrogens (tertiary/aromatic N) is 2. The first-order valence-corrected chi connectivity index (χ1v) is 7.70. The lowest BCUT2D eigenvalue weighted by atomic mass is 10.2. The van der Waals surface area contributed by atoms with Crippen molar-refractivity contribution in [3.63, 3.8) is 0 Å². The van der Waals surface area contributed by atoms with Crippen LogP contribution in [0.15, 0.2) is 24.3 Å². The fourth-order valence-corrected chi connectivity index (χ4v) is 2.61. The van der Waals surface area contributed by atoms with Crippen LogP contribution in [0.3, 0.4) is 0 Å². The lowest BCUT2D eigenvalue weighted by molar-refractivity contribution is -0.124. The van der Waals surface area contributed by atoms with Gasteiger partial charge in [0.25, 0.3) is 0 Å². The van der Waals surface area contributed by atoms with Gasteiger partial charge in [-0.2, -0.15) is 0 Å². The molecule has 1 saturated heterocycles. The van der Waals surface area contributed by atoms with Crippen molar-refractivity contribution < 1.29 is 14.3 Å². The Balaban J connectivity index is 1.87. The maximum absolute atomic E-state index is 12.0. The molecule has 0 spiro atoms. The first kappa shape index (κ1) is 17.1. The number of hydrogen-bond donors (Lipinski definition) is 2. The Morgan fingerprint density at radius 1 is 1.13 bits per heavy atom. The summed E-state index contributed by atoms with van der Waals surface area (Å²) in [6.07, 6.45) is 0. The number of anilines is 1. The van der Waals surface area contributed by atoms with Crippen molar-refractivity contribution in [3.8, 4) is 5.75 Å². The highest BCUT2D eigenvalue weighted by Gasteiger charge is 2.26. The average molecular weight is 320 g/mol. The van der Waals surface area contributed by atoms with E-state index in [0.29, 0.717) is 0 Å². The predicted octanol–water partition coefficient (Wildman–Crippen LogP) is 0.661. The lowest BCUT2D eigenvalue weighted by Gasteiger charge is -2.38. The Bertz CT molecular complexity index is 539. The van der Waals surface area contributed by atoms with Crippen molar-refractivity contribution >= 4 is 17.6 Å². The third kappa shape index (κ3) is 4.35. The molecular weight excluding hydrogens is 296 g/mol. The third-order valence-corrected chi connectivity index (χ3v) is 4.14. The van der Waals surface area contributed by atoms with Gasteiger partial charge in [0, 0.05) is 38.9 Å². The number of amides is 3. The second kappa shape index (κ2) is 7.82. The van der Waals surface area contributed by atoms with Gasteiger partial charge in [0.2, 0.25) is 5.91 Å². The van der Waals surface area contributed by atoms with E-state index in [1.165, 1.54) is 7.05 Å². The van der Waals surface area contributed by atoms with Crippen molar-refractivity contribution in [1.29, 1.82) is 0 Å². The van der Waals surface area contributed by atoms with Gasteiger partial charge in [0.1, 0.15) is 5.75 Å². The molecule has 0 saturated carbocycles. The Morgan fingerprint density at radius 2 is 1.74 bits per heavy atom. The van der Waals surface area contributed by atoms with Crippen LogP contribution >= 0.6 is 0 Å². The number of carbonyl (C=O) groups is 2. The van der Waals surface area contributed by atoms with E-state index in [0.717, 1.165) is 37.6 Å². The van der Waals surface area contributed by atoms with Crippen LogP contribution < -0.4 is 20.3 Å². The molecule has 1 aliphatic rings. The van der Waals surface area contributed by atoms with Crippen LogP contribution in [0.25, 0.3) is 0 Å². The maximum atomic E-state index is 12.0. The SMILES string of the molecule is CNC(=O)NC(=O)[C@@H](C)N1CCN(c2ccc(OC)cc2)CC1. The van der Waals surface area contributed by atoms with Crippen molar-refractivity contribution in [2.24, 2.45) is 0 Å². The Kier molecular flexibility index (Phi) is 5.81. The minimum absolute atomic E-state index is 0.276. The number of urea groups is 1. The summed E-state index contributed by atoms with van der Waals surface area (Å²) in [5.41, 5.74) is 1.15. The van der Waals surface area contributed by atoms with Crippen LogP contribution in [0.5, 0.6) is 5.75 Å². The molecule has 7 heteroatoms. The molecule has 0 unspecified atom stereocenters. The molecule has 2 N–H and O–H groups in total. The molecular formula is C16H24N4O3. The largest absolute Gasteiger partial charge is 0.497 e. The number of carbonyl (C=O) groups excluding carboxylic acids is 2. The van der Waals surface area contributed by atoms with Crippen molar-refractivity contribution in [3.05, 3.63) is 24.3 Å². The smallest absolute Gasteiger partial charge is 0.321 e. The van der Waals surface area contributed by atoms with Gasteiger partial charge in [-0.1, -0.05) is 0 Å². The van der Waals surface area contributed by atoms with Crippen LogP contribution in [0.1, 0.15) is 6.92 Å². The molecule has 0 aliphatic carbocycles. The number of methoxy groups -OCH3 is 1. The first-order valence-electron chi connectivity index (χ1n) is 7.70. The monoisotopic (exact) mass is 320 g/mol. The number of ether oxygens (including phenoxy) is 1. The van der Waals surface area contributed by atoms with Crippen molar-refractivity contribution in [1.82, 2.24) is 15.5 Å². The lowest BCUT2D eigenvalue weighted by Crippen LogP contribution is -2.55. The summed E-state index contributed by atoms with van der Waals surface area (Å²) in [5, 5.41) is 4.71. The van der Waals surface area contributed by atoms with Crippen LogP contribution in [0, 0.1) is 0 Å². The summed E-state index contributed by atoms with van der Waals surface area (Å²) < 4.78 is 5.17. The van der Waals surface area contributed by atoms with Crippen LogP contribution in [-0.2, 0) is 4.79 Å². The van der Waals surface area contributed by atoms with E-state index < -0.39 is 6.03 Å². The average Bonchev–Trinajstić information content (AvgIpc) is 2.61. The van der Waals surface area contributed by atoms with E-state index in [9.17, 15) is 9.59 Å². The standard InChI is InChI=1S/C16H24N4O3/c1-12(15(21)18-16(22)17-2)19-8-10-20(11-9-19)13-4-6-14(23-3)7-5-13/h4-7,12H,8-11H2,1-3H3,(H2,17,18,21,22)/t12-/m1/s1. The molecule has 1 aromatic carbocycles. The Labute approximate surface area is 136 Å². The minimum Gasteiger partial charge on any atom is -0.497 e. The fourth-order valence-electron chi connectivity index (χ4n) is 2.61. The van der Waals surface area contributed by atoms with E-state index in [2.05, 4.69) is 20.4 Å². The summed E-state index contributed by atoms with van der Waals surface area (Å²) in [7, 11) is 3.14. The summed E-state index contributed by atoms with van der Waals surface area (Å²) >= 11 is 0. The van der Waals surface area contributed by atoms with E-state index in [4.69, 9.17) is 4.74 Å². The van der Waals surface area contributed by atoms with Gasteiger partial charge in [0.15, 0.2) is 0 Å². The van der Waals surface area contributed by atoms with Gasteiger partial charge in [-0.3, -0.25) is 15.0 Å². The summed E-state index contributed by atoms with van der Waals surface area (Å²) in [4.78, 5) is 27.6. The number of piperazine rings is 1. The molecule has 2 rings (SSSR count). The number of rotatable bonds is 4. The van der Waals surface area contributed by atoms with Gasteiger partial charge in [0.05, 0.1) is 13.2 Å². The second-order valence-corrected chi connectivity index (χ2v) is 5.47. The van der Waals surface area contributed by atoms with Crippen LogP contribution in [0.4, 0.5) is 10.5 Å². The summed E-state index contributed by atoms with van der Waals surface area (Å²) in [5.74, 6) is 0.564. The first-order chi connectivity index (χ1) is 11.0. The molecule has 0 aromatic heterocycles. The zero-order chi connectivity index (χ0) is 16.8. The minimum atomic E-state index is -0.473. The van der Waals surface area contributed by atoms with Gasteiger partial charge in [-0.05, 0) is 31.2 Å². The normalized spacial score (nSPS) is 16.6. The molecule has 126 valence electrons. The molecule has 1 atom stereocenters. The third-order valence-electron chi connectivity index (χ3n) is 4.14. The van der Waals surface area contributed by atoms with Crippen LogP contribution in [-0.4, -0.2) is 63.2 Å². The highest BCUT2D eigenvalue weighted by atomic mass is 16.5. The molecule has 1 aliphatic heterocycles. The Hall–Kier alpha value is -2.28. The van der Waals surface area contributed by atoms with Gasteiger partial charge in [-0.25, -0.2) is 4.79 Å². The quantitative estimate of drug-likeness (QED) is 0.853. The fraction of sp³-hybridized carbons (Fsp3) is 0.500. The number of imide groups is 1. The molecule has 23 heavy (non-hydrogen) atoms. The van der Waals surface area contributed by atoms with Gasteiger partial charge >= 0.3 is 6.03 Å². The number of nitrogens with one attached hydrogen (secondary N) is 2. The molecule has 0 bridgehead atoms. The molecule has 1 heterocycles. The van der Waals surface area contributed by atoms with Crippen molar-refractivity contribution in [2.75, 3.05) is 45.2 Å². The van der Waals surface area contributed by atoms with E-state index in [1.54, 1.807) is 7.11 Å². The second-order valence-electron chi connectivity index (χ2n) is 5.47. The molecule has 3 amide bonds. The summed E-state index contributed by atoms with van der Waals surface area (Å²) in [6, 6.07) is 7.17. The summed E-state index contributed by atoms with van der Waals surface area (Å²) in [6.45, 7) is 5.04. The van der Waals surface area contributed by atoms with Gasteiger partial charge < -0.3 is 15.0 Å². The molecule has 7 nitrogen and oxygen atoms in total. The highest BCUT2D eigenvalue weighted by Crippen LogP contribution is 2.21. The highest BCUT2D eigenvalue weighted by molar-refractivity contribution is 5.96. The maximum Gasteiger partial charge on any atom is 0.321 e. The number of benzene rings is 1. The predicted molar refractivity (Wildman–Crippen MR) is 88.8 cm³/mol. The topological polar surface area (TPSA) is 73.9 Å². The van der Waals surface area contributed by atoms with Gasteiger partial charge in [-0.15, -0.1) is 0 Å². The zero-order valence-corrected chi connectivity index (χ0v) is 13.8. The van der Waals surface area contributed by atoms with E-state index >= 15 is 0 Å². The molecule has 0 radical (unpaired) electrons. The van der Waals surface area contributed by atoms with Crippen molar-refractivity contribution in [2.45, 2.75) is 13.0 Å². The zero-order valence-electron chi connectivity index (χ0n) is 13.8. The van der Waals surface area contributed by atoms with Crippen LogP contribution in [0.2, 0.25) is 0 Å². The van der Waals surface area contributed by atoms with E-state index in [-0.39, 0.29) is 11.9 Å². The molecule has 1 fully saturated rings.